The van der Waals surface area contributed by atoms with Crippen molar-refractivity contribution in [2.24, 2.45) is 4.99 Å². The Morgan fingerprint density at radius 2 is 1.89 bits per heavy atom. The van der Waals surface area contributed by atoms with Gasteiger partial charge in [-0.05, 0) is 54.8 Å². The second-order valence-corrected chi connectivity index (χ2v) is 5.65. The summed E-state index contributed by atoms with van der Waals surface area (Å²) >= 11 is 1.49. The average Bonchev–Trinajstić information content (AvgIpc) is 2.82. The Balaban J connectivity index is 1.74. The van der Waals surface area contributed by atoms with Crippen LogP contribution in [0.1, 0.15) is 24.8 Å². The minimum Gasteiger partial charge on any atom is -0.351 e. The highest BCUT2D eigenvalue weighted by Gasteiger charge is 2.26. The molecule has 3 heterocycles. The summed E-state index contributed by atoms with van der Waals surface area (Å²) in [5, 5.41) is 0.866. The molecule has 0 bridgehead atoms. The van der Waals surface area contributed by atoms with Crippen LogP contribution in [-0.4, -0.2) is 34.0 Å². The zero-order valence-electron chi connectivity index (χ0n) is 10.6. The van der Waals surface area contributed by atoms with Gasteiger partial charge in [-0.3, -0.25) is 9.78 Å². The largest absolute Gasteiger partial charge is 0.351 e. The standard InChI is InChI=1S/C14H15N3OS/c18-13-12(10-11-4-6-15-7-5-11)19-14(16-13)17-8-2-1-3-9-17/h4-7,10H,1-3,8-9H2. The maximum absolute atomic E-state index is 11.9. The number of carbonyl (C=O) groups excluding carboxylic acids is 1. The summed E-state index contributed by atoms with van der Waals surface area (Å²) in [6, 6.07) is 3.78. The molecule has 1 amide bonds. The fourth-order valence-corrected chi connectivity index (χ4v) is 3.19. The van der Waals surface area contributed by atoms with Gasteiger partial charge in [-0.25, -0.2) is 0 Å². The fourth-order valence-electron chi connectivity index (χ4n) is 2.23. The first-order valence-corrected chi connectivity index (χ1v) is 7.32. The predicted octanol–water partition coefficient (Wildman–Crippen LogP) is 2.54. The molecular weight excluding hydrogens is 258 g/mol. The summed E-state index contributed by atoms with van der Waals surface area (Å²) < 4.78 is 0. The Kier molecular flexibility index (Phi) is 3.64. The third-order valence-corrected chi connectivity index (χ3v) is 4.28. The van der Waals surface area contributed by atoms with Gasteiger partial charge >= 0.3 is 0 Å². The number of aromatic nitrogens is 1. The van der Waals surface area contributed by atoms with E-state index in [1.54, 1.807) is 12.4 Å². The molecule has 5 heteroatoms. The molecule has 19 heavy (non-hydrogen) atoms. The van der Waals surface area contributed by atoms with E-state index in [0.29, 0.717) is 4.91 Å². The van der Waals surface area contributed by atoms with E-state index < -0.39 is 0 Å². The van der Waals surface area contributed by atoms with E-state index >= 15 is 0 Å². The number of pyridine rings is 1. The second-order valence-electron chi connectivity index (χ2n) is 4.64. The van der Waals surface area contributed by atoms with Crippen molar-refractivity contribution >= 4 is 28.9 Å². The number of hydrogen-bond donors (Lipinski definition) is 0. The third-order valence-electron chi connectivity index (χ3n) is 3.24. The Labute approximate surface area is 116 Å². The first kappa shape index (κ1) is 12.4. The summed E-state index contributed by atoms with van der Waals surface area (Å²) in [5.74, 6) is -0.123. The molecule has 1 saturated heterocycles. The van der Waals surface area contributed by atoms with Gasteiger partial charge in [0, 0.05) is 25.5 Å². The second kappa shape index (κ2) is 5.57. The third kappa shape index (κ3) is 2.87. The number of likely N-dealkylation sites (tertiary alicyclic amines) is 1. The number of amides is 1. The number of carbonyl (C=O) groups is 1. The van der Waals surface area contributed by atoms with E-state index in [1.807, 2.05) is 18.2 Å². The Bertz CT molecular complexity index is 533. The zero-order chi connectivity index (χ0) is 13.1. The van der Waals surface area contributed by atoms with Crippen molar-refractivity contribution in [2.45, 2.75) is 19.3 Å². The van der Waals surface area contributed by atoms with E-state index in [9.17, 15) is 4.79 Å². The summed E-state index contributed by atoms with van der Waals surface area (Å²) in [4.78, 5) is 23.0. The lowest BCUT2D eigenvalue weighted by Crippen LogP contribution is -2.33. The summed E-state index contributed by atoms with van der Waals surface area (Å²) in [5.41, 5.74) is 0.987. The lowest BCUT2D eigenvalue weighted by Gasteiger charge is -2.27. The maximum atomic E-state index is 11.9. The minimum atomic E-state index is -0.123. The predicted molar refractivity (Wildman–Crippen MR) is 77.7 cm³/mol. The molecule has 0 atom stereocenters. The van der Waals surface area contributed by atoms with Crippen LogP contribution in [0, 0.1) is 0 Å². The average molecular weight is 273 g/mol. The van der Waals surface area contributed by atoms with Gasteiger partial charge in [0.25, 0.3) is 5.91 Å². The van der Waals surface area contributed by atoms with Crippen LogP contribution in [0.4, 0.5) is 0 Å². The van der Waals surface area contributed by atoms with E-state index in [1.165, 1.54) is 31.0 Å². The van der Waals surface area contributed by atoms with E-state index in [-0.39, 0.29) is 5.91 Å². The summed E-state index contributed by atoms with van der Waals surface area (Å²) in [7, 11) is 0. The van der Waals surface area contributed by atoms with Crippen molar-refractivity contribution in [1.29, 1.82) is 0 Å². The number of hydrogen-bond acceptors (Lipinski definition) is 4. The van der Waals surface area contributed by atoms with Gasteiger partial charge in [-0.2, -0.15) is 4.99 Å². The summed E-state index contributed by atoms with van der Waals surface area (Å²) in [6.07, 6.45) is 9.00. The molecule has 0 radical (unpaired) electrons. The van der Waals surface area contributed by atoms with E-state index in [0.717, 1.165) is 23.8 Å². The highest BCUT2D eigenvalue weighted by Crippen LogP contribution is 2.31. The van der Waals surface area contributed by atoms with Gasteiger partial charge in [0.1, 0.15) is 0 Å². The highest BCUT2D eigenvalue weighted by atomic mass is 32.2. The van der Waals surface area contributed by atoms with Gasteiger partial charge < -0.3 is 4.90 Å². The molecule has 2 aliphatic rings. The molecule has 1 aromatic rings. The molecule has 4 nitrogen and oxygen atoms in total. The van der Waals surface area contributed by atoms with E-state index in [4.69, 9.17) is 0 Å². The van der Waals surface area contributed by atoms with Crippen LogP contribution in [0.2, 0.25) is 0 Å². The van der Waals surface area contributed by atoms with Crippen molar-refractivity contribution in [3.8, 4) is 0 Å². The van der Waals surface area contributed by atoms with Crippen molar-refractivity contribution in [2.75, 3.05) is 13.1 Å². The molecule has 0 N–H and O–H groups in total. The van der Waals surface area contributed by atoms with Crippen LogP contribution in [0.5, 0.6) is 0 Å². The monoisotopic (exact) mass is 273 g/mol. The molecule has 1 fully saturated rings. The van der Waals surface area contributed by atoms with Crippen molar-refractivity contribution in [1.82, 2.24) is 9.88 Å². The SMILES string of the molecule is O=C1N=C(N2CCCCC2)SC1=Cc1ccncc1. The van der Waals surface area contributed by atoms with Crippen LogP contribution >= 0.6 is 11.8 Å². The van der Waals surface area contributed by atoms with Crippen molar-refractivity contribution in [3.05, 3.63) is 35.0 Å². The van der Waals surface area contributed by atoms with Gasteiger partial charge in [0.2, 0.25) is 0 Å². The van der Waals surface area contributed by atoms with Crippen molar-refractivity contribution < 1.29 is 4.79 Å². The first-order valence-electron chi connectivity index (χ1n) is 6.50. The quantitative estimate of drug-likeness (QED) is 0.738. The number of thioether (sulfide) groups is 1. The molecule has 0 aliphatic carbocycles. The van der Waals surface area contributed by atoms with Crippen LogP contribution in [0.15, 0.2) is 34.4 Å². The van der Waals surface area contributed by atoms with Gasteiger partial charge in [0.15, 0.2) is 5.17 Å². The van der Waals surface area contributed by atoms with Gasteiger partial charge in [0.05, 0.1) is 4.91 Å². The molecule has 98 valence electrons. The Morgan fingerprint density at radius 3 is 2.63 bits per heavy atom. The number of aliphatic imine (C=N–C) groups is 1. The minimum absolute atomic E-state index is 0.123. The van der Waals surface area contributed by atoms with Gasteiger partial charge in [-0.15, -0.1) is 0 Å². The number of amidine groups is 1. The number of rotatable bonds is 1. The molecule has 0 spiro atoms. The summed E-state index contributed by atoms with van der Waals surface area (Å²) in [6.45, 7) is 2.03. The highest BCUT2D eigenvalue weighted by molar-refractivity contribution is 8.18. The topological polar surface area (TPSA) is 45.6 Å². The van der Waals surface area contributed by atoms with Crippen LogP contribution in [0.25, 0.3) is 6.08 Å². The molecule has 3 rings (SSSR count). The normalized spacial score (nSPS) is 21.9. The molecule has 1 aromatic heterocycles. The first-order chi connectivity index (χ1) is 9.33. The fraction of sp³-hybridized carbons (Fsp3) is 0.357. The van der Waals surface area contributed by atoms with Crippen LogP contribution < -0.4 is 0 Å². The van der Waals surface area contributed by atoms with Crippen LogP contribution in [0.3, 0.4) is 0 Å². The number of nitrogens with zero attached hydrogens (tertiary/aromatic N) is 3. The Morgan fingerprint density at radius 1 is 1.16 bits per heavy atom. The molecule has 0 aromatic carbocycles. The lowest BCUT2D eigenvalue weighted by atomic mass is 10.1. The Hall–Kier alpha value is -1.62. The van der Waals surface area contributed by atoms with E-state index in [2.05, 4.69) is 14.9 Å². The molecule has 0 saturated carbocycles. The maximum Gasteiger partial charge on any atom is 0.286 e. The van der Waals surface area contributed by atoms with Crippen molar-refractivity contribution in [3.63, 3.8) is 0 Å². The molecule has 0 unspecified atom stereocenters. The smallest absolute Gasteiger partial charge is 0.286 e. The van der Waals surface area contributed by atoms with Gasteiger partial charge in [-0.1, -0.05) is 0 Å². The lowest BCUT2D eigenvalue weighted by molar-refractivity contribution is -0.113. The number of piperidine rings is 1. The molecular formula is C14H15N3OS. The van der Waals surface area contributed by atoms with Crippen LogP contribution in [-0.2, 0) is 4.79 Å². The zero-order valence-corrected chi connectivity index (χ0v) is 11.4. The molecule has 2 aliphatic heterocycles.